The maximum Gasteiger partial charge on any atom is 0.0645 e. The van der Waals surface area contributed by atoms with E-state index in [2.05, 4.69) is 33.8 Å². The third-order valence-corrected chi connectivity index (χ3v) is 5.93. The summed E-state index contributed by atoms with van der Waals surface area (Å²) in [5.41, 5.74) is 1.50. The van der Waals surface area contributed by atoms with Crippen LogP contribution >= 0.6 is 0 Å². The fourth-order valence-corrected chi connectivity index (χ4v) is 3.85. The van der Waals surface area contributed by atoms with Crippen molar-refractivity contribution in [2.75, 3.05) is 0 Å². The third-order valence-electron chi connectivity index (χ3n) is 5.93. The standard InChI is InChI=1S/C16H28O/c1-11-6-7-14(15(11,3)4)13-8-9-16(5,17)12(2)10-13/h6,12-14,17H,7-10H2,1-5H3. The van der Waals surface area contributed by atoms with Crippen LogP contribution in [0.25, 0.3) is 0 Å². The van der Waals surface area contributed by atoms with Crippen molar-refractivity contribution in [3.8, 4) is 0 Å². The average molecular weight is 236 g/mol. The van der Waals surface area contributed by atoms with Crippen LogP contribution in [0.15, 0.2) is 11.6 Å². The highest BCUT2D eigenvalue weighted by molar-refractivity contribution is 5.19. The van der Waals surface area contributed by atoms with Crippen LogP contribution in [0, 0.1) is 23.2 Å². The summed E-state index contributed by atoms with van der Waals surface area (Å²) in [7, 11) is 0. The zero-order valence-electron chi connectivity index (χ0n) is 12.1. The molecule has 2 aliphatic carbocycles. The highest BCUT2D eigenvalue weighted by Gasteiger charge is 2.44. The zero-order chi connectivity index (χ0) is 12.8. The van der Waals surface area contributed by atoms with Gasteiger partial charge in [0.1, 0.15) is 0 Å². The Morgan fingerprint density at radius 2 is 1.94 bits per heavy atom. The van der Waals surface area contributed by atoms with E-state index in [0.717, 1.165) is 18.3 Å². The van der Waals surface area contributed by atoms with Crippen molar-refractivity contribution in [2.24, 2.45) is 23.2 Å². The molecule has 4 atom stereocenters. The van der Waals surface area contributed by atoms with Crippen molar-refractivity contribution in [3.63, 3.8) is 0 Å². The molecule has 0 radical (unpaired) electrons. The normalized spacial score (nSPS) is 45.8. The second-order valence-electron chi connectivity index (χ2n) is 7.24. The molecule has 4 unspecified atom stereocenters. The van der Waals surface area contributed by atoms with E-state index in [1.807, 2.05) is 6.92 Å². The largest absolute Gasteiger partial charge is 0.390 e. The lowest BCUT2D eigenvalue weighted by Crippen LogP contribution is -2.42. The van der Waals surface area contributed by atoms with Gasteiger partial charge in [0.15, 0.2) is 0 Å². The second kappa shape index (κ2) is 4.12. The highest BCUT2D eigenvalue weighted by atomic mass is 16.3. The number of hydrogen-bond donors (Lipinski definition) is 1. The molecule has 1 fully saturated rings. The first-order valence-corrected chi connectivity index (χ1v) is 7.15. The van der Waals surface area contributed by atoms with Crippen molar-refractivity contribution in [1.82, 2.24) is 0 Å². The van der Waals surface area contributed by atoms with Crippen LogP contribution < -0.4 is 0 Å². The molecule has 98 valence electrons. The summed E-state index contributed by atoms with van der Waals surface area (Å²) in [6.45, 7) is 11.3. The number of rotatable bonds is 1. The minimum atomic E-state index is -0.429. The predicted molar refractivity (Wildman–Crippen MR) is 72.8 cm³/mol. The van der Waals surface area contributed by atoms with E-state index in [1.165, 1.54) is 19.3 Å². The zero-order valence-corrected chi connectivity index (χ0v) is 12.1. The molecule has 0 spiro atoms. The molecule has 2 rings (SSSR count). The van der Waals surface area contributed by atoms with Crippen LogP contribution in [-0.4, -0.2) is 10.7 Å². The maximum atomic E-state index is 10.3. The summed E-state index contributed by atoms with van der Waals surface area (Å²) in [6.07, 6.45) is 7.06. The van der Waals surface area contributed by atoms with Crippen molar-refractivity contribution in [2.45, 2.75) is 65.9 Å². The molecule has 1 nitrogen and oxygen atoms in total. The van der Waals surface area contributed by atoms with E-state index >= 15 is 0 Å². The first kappa shape index (κ1) is 13.1. The molecule has 0 saturated heterocycles. The van der Waals surface area contributed by atoms with Crippen LogP contribution in [0.5, 0.6) is 0 Å². The first-order chi connectivity index (χ1) is 7.75. The summed E-state index contributed by atoms with van der Waals surface area (Å²) < 4.78 is 0. The highest BCUT2D eigenvalue weighted by Crippen LogP contribution is 2.52. The summed E-state index contributed by atoms with van der Waals surface area (Å²) in [5, 5.41) is 10.3. The third kappa shape index (κ3) is 2.19. The molecule has 0 aromatic carbocycles. The number of allylic oxidation sites excluding steroid dienone is 2. The van der Waals surface area contributed by atoms with E-state index in [9.17, 15) is 5.11 Å². The molecule has 1 saturated carbocycles. The Labute approximate surface area is 106 Å². The van der Waals surface area contributed by atoms with Gasteiger partial charge in [0.25, 0.3) is 0 Å². The minimum Gasteiger partial charge on any atom is -0.390 e. The Hall–Kier alpha value is -0.300. The second-order valence-corrected chi connectivity index (χ2v) is 7.24. The molecule has 0 aromatic heterocycles. The van der Waals surface area contributed by atoms with Gasteiger partial charge in [0.05, 0.1) is 5.60 Å². The van der Waals surface area contributed by atoms with Gasteiger partial charge >= 0.3 is 0 Å². The SMILES string of the molecule is CC1=CCC(C2CCC(C)(O)C(C)C2)C1(C)C. The van der Waals surface area contributed by atoms with E-state index in [0.29, 0.717) is 11.3 Å². The minimum absolute atomic E-state index is 0.369. The Kier molecular flexibility index (Phi) is 3.18. The smallest absolute Gasteiger partial charge is 0.0645 e. The van der Waals surface area contributed by atoms with Crippen LogP contribution in [0.3, 0.4) is 0 Å². The van der Waals surface area contributed by atoms with Crippen molar-refractivity contribution in [1.29, 1.82) is 0 Å². The lowest BCUT2D eigenvalue weighted by atomic mass is 9.62. The molecule has 2 aliphatic rings. The van der Waals surface area contributed by atoms with Gasteiger partial charge in [0.2, 0.25) is 0 Å². The molecule has 1 N–H and O–H groups in total. The Balaban J connectivity index is 2.07. The molecule has 0 amide bonds. The molecule has 0 heterocycles. The Morgan fingerprint density at radius 3 is 2.41 bits per heavy atom. The van der Waals surface area contributed by atoms with Crippen molar-refractivity contribution in [3.05, 3.63) is 11.6 Å². The molecule has 0 aliphatic heterocycles. The summed E-state index contributed by atoms with van der Waals surface area (Å²) >= 11 is 0. The number of aliphatic hydroxyl groups is 1. The Bertz CT molecular complexity index is 324. The van der Waals surface area contributed by atoms with Gasteiger partial charge < -0.3 is 5.11 Å². The van der Waals surface area contributed by atoms with Crippen molar-refractivity contribution >= 4 is 0 Å². The van der Waals surface area contributed by atoms with E-state index in [1.54, 1.807) is 5.57 Å². The van der Waals surface area contributed by atoms with Crippen LogP contribution in [0.4, 0.5) is 0 Å². The quantitative estimate of drug-likeness (QED) is 0.678. The lowest BCUT2D eigenvalue weighted by Gasteiger charge is -2.44. The first-order valence-electron chi connectivity index (χ1n) is 7.15. The Morgan fingerprint density at radius 1 is 1.29 bits per heavy atom. The van der Waals surface area contributed by atoms with E-state index < -0.39 is 5.60 Å². The van der Waals surface area contributed by atoms with Gasteiger partial charge in [-0.15, -0.1) is 0 Å². The lowest BCUT2D eigenvalue weighted by molar-refractivity contribution is -0.0531. The van der Waals surface area contributed by atoms with Gasteiger partial charge in [-0.3, -0.25) is 0 Å². The average Bonchev–Trinajstić information content (AvgIpc) is 2.47. The monoisotopic (exact) mass is 236 g/mol. The fraction of sp³-hybridized carbons (Fsp3) is 0.875. The molecular formula is C16H28O. The molecule has 17 heavy (non-hydrogen) atoms. The van der Waals surface area contributed by atoms with Crippen LogP contribution in [0.2, 0.25) is 0 Å². The van der Waals surface area contributed by atoms with Crippen molar-refractivity contribution < 1.29 is 5.11 Å². The number of hydrogen-bond acceptors (Lipinski definition) is 1. The maximum absolute atomic E-state index is 10.3. The summed E-state index contributed by atoms with van der Waals surface area (Å²) in [5.74, 6) is 2.04. The van der Waals surface area contributed by atoms with E-state index in [-0.39, 0.29) is 0 Å². The van der Waals surface area contributed by atoms with Gasteiger partial charge in [0, 0.05) is 0 Å². The van der Waals surface area contributed by atoms with Crippen LogP contribution in [-0.2, 0) is 0 Å². The van der Waals surface area contributed by atoms with Gasteiger partial charge in [-0.1, -0.05) is 32.4 Å². The fourth-order valence-electron chi connectivity index (χ4n) is 3.85. The molecule has 0 bridgehead atoms. The topological polar surface area (TPSA) is 20.2 Å². The van der Waals surface area contributed by atoms with Crippen LogP contribution in [0.1, 0.15) is 60.3 Å². The predicted octanol–water partition coefficient (Wildman–Crippen LogP) is 4.17. The molecular weight excluding hydrogens is 208 g/mol. The van der Waals surface area contributed by atoms with E-state index in [4.69, 9.17) is 0 Å². The van der Waals surface area contributed by atoms with Gasteiger partial charge in [-0.2, -0.15) is 0 Å². The molecule has 1 heteroatoms. The summed E-state index contributed by atoms with van der Waals surface area (Å²) in [4.78, 5) is 0. The van der Waals surface area contributed by atoms with Gasteiger partial charge in [-0.05, 0) is 62.7 Å². The van der Waals surface area contributed by atoms with Gasteiger partial charge in [-0.25, -0.2) is 0 Å². The summed E-state index contributed by atoms with van der Waals surface area (Å²) in [6, 6.07) is 0. The molecule has 0 aromatic rings.